The van der Waals surface area contributed by atoms with Crippen molar-refractivity contribution in [1.82, 2.24) is 4.98 Å². The van der Waals surface area contributed by atoms with Crippen molar-refractivity contribution >= 4 is 51.8 Å². The molecule has 0 spiro atoms. The smallest absolute Gasteiger partial charge is 0.348 e. The van der Waals surface area contributed by atoms with Crippen molar-refractivity contribution in [2.24, 2.45) is 4.99 Å². The van der Waals surface area contributed by atoms with Crippen molar-refractivity contribution in [1.29, 1.82) is 0 Å². The number of carbonyl (C=O) groups excluding carboxylic acids is 1. The third-order valence-electron chi connectivity index (χ3n) is 3.23. The Labute approximate surface area is 146 Å². The van der Waals surface area contributed by atoms with Crippen molar-refractivity contribution in [3.8, 4) is 5.75 Å². The maximum Gasteiger partial charge on any atom is 0.348 e. The molecule has 0 aliphatic heterocycles. The van der Waals surface area contributed by atoms with E-state index in [4.69, 9.17) is 4.42 Å². The molecule has 0 saturated carbocycles. The zero-order valence-corrected chi connectivity index (χ0v) is 14.4. The number of fused-ring (bicyclic) bond motifs is 1. The number of aliphatic imine (C=N–C) groups is 1. The highest BCUT2D eigenvalue weighted by atomic mass is 35.5. The van der Waals surface area contributed by atoms with Gasteiger partial charge in [-0.1, -0.05) is 23.5 Å². The number of ketones is 1. The number of carbonyl (C=O) groups is 1. The molecule has 1 aromatic carbocycles. The van der Waals surface area contributed by atoms with Crippen LogP contribution in [-0.4, -0.2) is 22.1 Å². The van der Waals surface area contributed by atoms with Crippen LogP contribution in [0.25, 0.3) is 11.0 Å². The number of halogens is 1. The SMILES string of the molecule is CC(=O)c1sc(/N=C/c2c(O)c3ccccc3oc2=O)nc1C.Cl. The molecule has 3 rings (SSSR count). The van der Waals surface area contributed by atoms with Crippen molar-refractivity contribution in [2.45, 2.75) is 13.8 Å². The lowest BCUT2D eigenvalue weighted by molar-refractivity contribution is 0.102. The first-order chi connectivity index (χ1) is 11.0. The summed E-state index contributed by atoms with van der Waals surface area (Å²) in [5.41, 5.74) is 0.145. The highest BCUT2D eigenvalue weighted by molar-refractivity contribution is 7.17. The largest absolute Gasteiger partial charge is 0.506 e. The Morgan fingerprint density at radius 3 is 2.75 bits per heavy atom. The van der Waals surface area contributed by atoms with E-state index >= 15 is 0 Å². The summed E-state index contributed by atoms with van der Waals surface area (Å²) in [6.07, 6.45) is 1.20. The Balaban J connectivity index is 0.00000208. The average Bonchev–Trinajstić information content (AvgIpc) is 2.88. The van der Waals surface area contributed by atoms with Crippen LogP contribution in [0.4, 0.5) is 5.13 Å². The molecule has 24 heavy (non-hydrogen) atoms. The predicted octanol–water partition coefficient (Wildman–Crippen LogP) is 3.64. The summed E-state index contributed by atoms with van der Waals surface area (Å²) in [7, 11) is 0. The van der Waals surface area contributed by atoms with Crippen LogP contribution in [0, 0.1) is 6.92 Å². The second-order valence-corrected chi connectivity index (χ2v) is 5.85. The number of Topliss-reactive ketones (excluding diaryl/α,β-unsaturated/α-hetero) is 1. The third kappa shape index (κ3) is 3.22. The zero-order chi connectivity index (χ0) is 16.6. The minimum absolute atomic E-state index is 0. The van der Waals surface area contributed by atoms with Crippen LogP contribution >= 0.6 is 23.7 Å². The topological polar surface area (TPSA) is 92.8 Å². The fraction of sp³-hybridized carbons (Fsp3) is 0.125. The fourth-order valence-electron chi connectivity index (χ4n) is 2.15. The van der Waals surface area contributed by atoms with Gasteiger partial charge >= 0.3 is 5.63 Å². The number of hydrogen-bond acceptors (Lipinski definition) is 7. The molecule has 2 aromatic heterocycles. The molecule has 0 bridgehead atoms. The Hall–Kier alpha value is -2.51. The number of para-hydroxylation sites is 1. The van der Waals surface area contributed by atoms with Crippen LogP contribution in [0.5, 0.6) is 5.75 Å². The van der Waals surface area contributed by atoms with Gasteiger partial charge < -0.3 is 9.52 Å². The summed E-state index contributed by atoms with van der Waals surface area (Å²) in [5, 5.41) is 11.0. The van der Waals surface area contributed by atoms with Crippen LogP contribution in [0.3, 0.4) is 0 Å². The quantitative estimate of drug-likeness (QED) is 0.435. The molecule has 0 atom stereocenters. The zero-order valence-electron chi connectivity index (χ0n) is 12.8. The van der Waals surface area contributed by atoms with E-state index in [0.717, 1.165) is 11.3 Å². The molecule has 0 unspecified atom stereocenters. The van der Waals surface area contributed by atoms with Crippen LogP contribution in [0.15, 0.2) is 38.5 Å². The van der Waals surface area contributed by atoms with Gasteiger partial charge in [-0.15, -0.1) is 12.4 Å². The van der Waals surface area contributed by atoms with E-state index in [0.29, 0.717) is 26.7 Å². The van der Waals surface area contributed by atoms with Gasteiger partial charge in [-0.25, -0.2) is 14.8 Å². The number of hydrogen-bond donors (Lipinski definition) is 1. The van der Waals surface area contributed by atoms with Crippen LogP contribution < -0.4 is 5.63 Å². The third-order valence-corrected chi connectivity index (χ3v) is 4.40. The number of thiazole rings is 1. The fourth-order valence-corrected chi connectivity index (χ4v) is 2.95. The molecule has 0 radical (unpaired) electrons. The molecule has 2 heterocycles. The Kier molecular flexibility index (Phi) is 5.16. The monoisotopic (exact) mass is 364 g/mol. The van der Waals surface area contributed by atoms with Gasteiger partial charge in [0, 0.05) is 13.1 Å². The van der Waals surface area contributed by atoms with E-state index in [1.807, 2.05) is 0 Å². The molecule has 0 fully saturated rings. The number of nitrogens with zero attached hydrogens (tertiary/aromatic N) is 2. The van der Waals surface area contributed by atoms with Crippen molar-refractivity contribution in [3.63, 3.8) is 0 Å². The second-order valence-electron chi connectivity index (χ2n) is 4.87. The highest BCUT2D eigenvalue weighted by Crippen LogP contribution is 2.27. The molecule has 0 aliphatic rings. The highest BCUT2D eigenvalue weighted by Gasteiger charge is 2.13. The lowest BCUT2D eigenvalue weighted by atomic mass is 10.1. The van der Waals surface area contributed by atoms with Crippen LogP contribution in [-0.2, 0) is 0 Å². The summed E-state index contributed by atoms with van der Waals surface area (Å²) in [6.45, 7) is 3.17. The molecule has 124 valence electrons. The summed E-state index contributed by atoms with van der Waals surface area (Å²) < 4.78 is 5.15. The molecule has 8 heteroatoms. The van der Waals surface area contributed by atoms with Gasteiger partial charge in [0.25, 0.3) is 0 Å². The van der Waals surface area contributed by atoms with E-state index in [9.17, 15) is 14.7 Å². The minimum atomic E-state index is -0.690. The molecule has 0 amide bonds. The maximum absolute atomic E-state index is 12.0. The standard InChI is InChI=1S/C16H12N2O4S.ClH/c1-8-14(9(2)19)23-16(18-8)17-7-11-13(20)10-5-3-4-6-12(10)22-15(11)21;/h3-7,20H,1-2H3;1H/b17-7+;. The number of aromatic nitrogens is 1. The molecular formula is C16H13ClN2O4S. The summed E-state index contributed by atoms with van der Waals surface area (Å²) in [5.74, 6) is -0.282. The van der Waals surface area contributed by atoms with Gasteiger partial charge in [0.15, 0.2) is 5.78 Å². The molecule has 1 N–H and O–H groups in total. The van der Waals surface area contributed by atoms with Crippen molar-refractivity contribution < 1.29 is 14.3 Å². The van der Waals surface area contributed by atoms with Gasteiger partial charge in [0.2, 0.25) is 5.13 Å². The number of benzene rings is 1. The first-order valence-corrected chi connectivity index (χ1v) is 7.56. The van der Waals surface area contributed by atoms with E-state index in [1.54, 1.807) is 31.2 Å². The second kappa shape index (κ2) is 6.94. The Morgan fingerprint density at radius 1 is 1.38 bits per heavy atom. The number of aromatic hydroxyl groups is 1. The number of aryl methyl sites for hydroxylation is 1. The molecule has 3 aromatic rings. The maximum atomic E-state index is 12.0. The molecular weight excluding hydrogens is 352 g/mol. The van der Waals surface area contributed by atoms with Gasteiger partial charge in [-0.3, -0.25) is 4.79 Å². The van der Waals surface area contributed by atoms with Gasteiger partial charge in [0.05, 0.1) is 16.0 Å². The molecule has 0 aliphatic carbocycles. The molecule has 0 saturated heterocycles. The first kappa shape index (κ1) is 17.8. The van der Waals surface area contributed by atoms with E-state index in [1.165, 1.54) is 13.1 Å². The number of rotatable bonds is 3. The van der Waals surface area contributed by atoms with Gasteiger partial charge in [-0.05, 0) is 19.1 Å². The van der Waals surface area contributed by atoms with Crippen LogP contribution in [0.2, 0.25) is 0 Å². The van der Waals surface area contributed by atoms with Crippen LogP contribution in [0.1, 0.15) is 27.9 Å². The lowest BCUT2D eigenvalue weighted by Gasteiger charge is -2.01. The minimum Gasteiger partial charge on any atom is -0.506 e. The average molecular weight is 365 g/mol. The van der Waals surface area contributed by atoms with Gasteiger partial charge in [0.1, 0.15) is 16.9 Å². The van der Waals surface area contributed by atoms with Crippen molar-refractivity contribution in [2.75, 3.05) is 0 Å². The summed E-state index contributed by atoms with van der Waals surface area (Å²) >= 11 is 1.13. The normalized spacial score (nSPS) is 10.9. The first-order valence-electron chi connectivity index (χ1n) is 6.74. The van der Waals surface area contributed by atoms with E-state index in [2.05, 4.69) is 9.98 Å². The summed E-state index contributed by atoms with van der Waals surface area (Å²) in [6, 6.07) is 6.68. The lowest BCUT2D eigenvalue weighted by Crippen LogP contribution is -2.06. The van der Waals surface area contributed by atoms with Gasteiger partial charge in [-0.2, -0.15) is 0 Å². The predicted molar refractivity (Wildman–Crippen MR) is 95.5 cm³/mol. The van der Waals surface area contributed by atoms with Crippen molar-refractivity contribution in [3.05, 3.63) is 50.8 Å². The summed E-state index contributed by atoms with van der Waals surface area (Å²) in [4.78, 5) is 32.1. The van der Waals surface area contributed by atoms with E-state index < -0.39 is 5.63 Å². The van der Waals surface area contributed by atoms with E-state index in [-0.39, 0.29) is 29.5 Å². The Bertz CT molecular complexity index is 1010. The Morgan fingerprint density at radius 2 is 2.08 bits per heavy atom. The molecule has 6 nitrogen and oxygen atoms in total.